The van der Waals surface area contributed by atoms with Crippen LogP contribution in [-0.2, 0) is 6.42 Å². The highest BCUT2D eigenvalue weighted by atomic mass is 127. The summed E-state index contributed by atoms with van der Waals surface area (Å²) in [5.74, 6) is 0. The number of halogens is 2. The zero-order valence-corrected chi connectivity index (χ0v) is 14.6. The van der Waals surface area contributed by atoms with Crippen molar-refractivity contribution in [3.05, 3.63) is 54.7 Å². The van der Waals surface area contributed by atoms with Crippen LogP contribution in [0.25, 0.3) is 0 Å². The van der Waals surface area contributed by atoms with Crippen molar-refractivity contribution in [3.8, 4) is 0 Å². The first-order chi connectivity index (χ1) is 9.20. The van der Waals surface area contributed by atoms with E-state index in [-0.39, 0.29) is 0 Å². The lowest BCUT2D eigenvalue weighted by atomic mass is 10.0. The van der Waals surface area contributed by atoms with Gasteiger partial charge in [0.05, 0.1) is 0 Å². The van der Waals surface area contributed by atoms with E-state index in [1.165, 1.54) is 14.7 Å². The minimum Gasteiger partial charge on any atom is -0.310 e. The molecule has 1 unspecified atom stereocenters. The third kappa shape index (κ3) is 4.45. The fourth-order valence-electron chi connectivity index (χ4n) is 2.04. The van der Waals surface area contributed by atoms with Crippen LogP contribution >= 0.6 is 45.5 Å². The van der Waals surface area contributed by atoms with Crippen molar-refractivity contribution in [2.24, 2.45) is 0 Å². The van der Waals surface area contributed by atoms with E-state index in [4.69, 9.17) is 11.6 Å². The van der Waals surface area contributed by atoms with Gasteiger partial charge in [-0.2, -0.15) is 11.3 Å². The topological polar surface area (TPSA) is 12.0 Å². The molecule has 1 N–H and O–H groups in total. The van der Waals surface area contributed by atoms with E-state index < -0.39 is 0 Å². The lowest BCUT2D eigenvalue weighted by Crippen LogP contribution is -2.24. The summed E-state index contributed by atoms with van der Waals surface area (Å²) in [5, 5.41) is 8.80. The summed E-state index contributed by atoms with van der Waals surface area (Å²) in [6.45, 7) is 3.22. The Morgan fingerprint density at radius 2 is 2.21 bits per heavy atom. The molecule has 0 fully saturated rings. The van der Waals surface area contributed by atoms with Gasteiger partial charge in [0.25, 0.3) is 0 Å². The molecule has 1 aromatic carbocycles. The van der Waals surface area contributed by atoms with E-state index in [9.17, 15) is 0 Å². The monoisotopic (exact) mass is 405 g/mol. The first kappa shape index (κ1) is 15.3. The maximum absolute atomic E-state index is 6.15. The molecule has 19 heavy (non-hydrogen) atoms. The molecule has 0 bridgehead atoms. The van der Waals surface area contributed by atoms with Crippen molar-refractivity contribution in [1.29, 1.82) is 0 Å². The van der Waals surface area contributed by atoms with Crippen LogP contribution in [-0.4, -0.2) is 6.54 Å². The molecule has 2 rings (SSSR count). The zero-order chi connectivity index (χ0) is 13.7. The first-order valence-corrected chi connectivity index (χ1v) is 8.80. The van der Waals surface area contributed by atoms with Crippen LogP contribution in [0.2, 0.25) is 5.02 Å². The second-order valence-corrected chi connectivity index (χ2v) is 6.89. The Balaban J connectivity index is 2.23. The molecule has 0 amide bonds. The predicted octanol–water partition coefficient (Wildman–Crippen LogP) is 5.29. The minimum atomic E-state index is 0.333. The molecule has 0 radical (unpaired) electrons. The van der Waals surface area contributed by atoms with Gasteiger partial charge in [-0.05, 0) is 88.1 Å². The van der Waals surface area contributed by atoms with Crippen molar-refractivity contribution < 1.29 is 0 Å². The van der Waals surface area contributed by atoms with Crippen LogP contribution < -0.4 is 5.32 Å². The summed E-state index contributed by atoms with van der Waals surface area (Å²) in [6, 6.07) is 8.66. The van der Waals surface area contributed by atoms with Gasteiger partial charge in [0, 0.05) is 14.6 Å². The molecule has 0 saturated heterocycles. The minimum absolute atomic E-state index is 0.333. The molecular weight excluding hydrogens is 389 g/mol. The summed E-state index contributed by atoms with van der Waals surface area (Å²) in [4.78, 5) is 0. The van der Waals surface area contributed by atoms with Crippen LogP contribution in [0.1, 0.15) is 30.5 Å². The van der Waals surface area contributed by atoms with Crippen LogP contribution in [0.4, 0.5) is 0 Å². The van der Waals surface area contributed by atoms with Gasteiger partial charge in [-0.25, -0.2) is 0 Å². The lowest BCUT2D eigenvalue weighted by molar-refractivity contribution is 0.528. The maximum Gasteiger partial charge on any atom is 0.0410 e. The number of hydrogen-bond acceptors (Lipinski definition) is 2. The number of benzene rings is 1. The molecule has 2 aromatic rings. The summed E-state index contributed by atoms with van der Waals surface area (Å²) in [5.41, 5.74) is 2.68. The average molecular weight is 406 g/mol. The number of rotatable bonds is 6. The Kier molecular flexibility index (Phi) is 6.13. The third-order valence-electron chi connectivity index (χ3n) is 2.99. The number of nitrogens with one attached hydrogen (secondary N) is 1. The Labute approximate surface area is 137 Å². The van der Waals surface area contributed by atoms with Gasteiger partial charge in [0.15, 0.2) is 0 Å². The molecular formula is C15H17ClINS. The largest absolute Gasteiger partial charge is 0.310 e. The van der Waals surface area contributed by atoms with E-state index in [0.29, 0.717) is 6.04 Å². The molecule has 0 spiro atoms. The van der Waals surface area contributed by atoms with E-state index in [1.54, 1.807) is 11.3 Å². The zero-order valence-electron chi connectivity index (χ0n) is 10.8. The Morgan fingerprint density at radius 1 is 1.37 bits per heavy atom. The van der Waals surface area contributed by atoms with Crippen molar-refractivity contribution >= 4 is 45.5 Å². The van der Waals surface area contributed by atoms with Gasteiger partial charge in [-0.1, -0.05) is 18.5 Å². The van der Waals surface area contributed by atoms with Crippen LogP contribution in [0, 0.1) is 3.57 Å². The van der Waals surface area contributed by atoms with Crippen LogP contribution in [0.3, 0.4) is 0 Å². The third-order valence-corrected chi connectivity index (χ3v) is 4.94. The van der Waals surface area contributed by atoms with E-state index in [1.807, 2.05) is 6.07 Å². The Morgan fingerprint density at radius 3 is 2.89 bits per heavy atom. The summed E-state index contributed by atoms with van der Waals surface area (Å²) < 4.78 is 1.27. The van der Waals surface area contributed by atoms with Crippen molar-refractivity contribution in [1.82, 2.24) is 5.32 Å². The van der Waals surface area contributed by atoms with Gasteiger partial charge in [0.2, 0.25) is 0 Å². The quantitative estimate of drug-likeness (QED) is 0.644. The SMILES string of the molecule is CCCNC(Cc1ccsc1)c1cc(Cl)ccc1I. The highest BCUT2D eigenvalue weighted by Crippen LogP contribution is 2.27. The standard InChI is InChI=1S/C15H17ClINS/c1-2-6-18-15(8-11-5-7-19-10-11)13-9-12(16)3-4-14(13)17/h3-5,7,9-10,15,18H,2,6,8H2,1H3. The van der Waals surface area contributed by atoms with E-state index >= 15 is 0 Å². The fourth-order valence-corrected chi connectivity index (χ4v) is 3.61. The lowest BCUT2D eigenvalue weighted by Gasteiger charge is -2.20. The molecule has 0 aliphatic carbocycles. The molecule has 1 atom stereocenters. The smallest absolute Gasteiger partial charge is 0.0410 e. The van der Waals surface area contributed by atoms with Gasteiger partial charge >= 0.3 is 0 Å². The van der Waals surface area contributed by atoms with Gasteiger partial charge in [-0.15, -0.1) is 0 Å². The first-order valence-electron chi connectivity index (χ1n) is 6.40. The van der Waals surface area contributed by atoms with Crippen molar-refractivity contribution in [2.75, 3.05) is 6.54 Å². The van der Waals surface area contributed by atoms with Gasteiger partial charge < -0.3 is 5.32 Å². The fraction of sp³-hybridized carbons (Fsp3) is 0.333. The normalized spacial score (nSPS) is 12.6. The molecule has 1 nitrogen and oxygen atoms in total. The predicted molar refractivity (Wildman–Crippen MR) is 93.2 cm³/mol. The molecule has 1 aromatic heterocycles. The van der Waals surface area contributed by atoms with Crippen molar-refractivity contribution in [3.63, 3.8) is 0 Å². The van der Waals surface area contributed by atoms with E-state index in [2.05, 4.69) is 63.8 Å². The second-order valence-electron chi connectivity index (χ2n) is 4.51. The van der Waals surface area contributed by atoms with Crippen LogP contribution in [0.15, 0.2) is 35.0 Å². The highest BCUT2D eigenvalue weighted by molar-refractivity contribution is 14.1. The molecule has 1 heterocycles. The van der Waals surface area contributed by atoms with Crippen LogP contribution in [0.5, 0.6) is 0 Å². The molecule has 0 aliphatic rings. The molecule has 4 heteroatoms. The van der Waals surface area contributed by atoms with Gasteiger partial charge in [-0.3, -0.25) is 0 Å². The molecule has 0 saturated carbocycles. The highest BCUT2D eigenvalue weighted by Gasteiger charge is 2.15. The van der Waals surface area contributed by atoms with E-state index in [0.717, 1.165) is 24.4 Å². The maximum atomic E-state index is 6.15. The molecule has 102 valence electrons. The van der Waals surface area contributed by atoms with Crippen molar-refractivity contribution in [2.45, 2.75) is 25.8 Å². The summed E-state index contributed by atoms with van der Waals surface area (Å²) in [6.07, 6.45) is 2.15. The second kappa shape index (κ2) is 7.62. The summed E-state index contributed by atoms with van der Waals surface area (Å²) in [7, 11) is 0. The number of hydrogen-bond donors (Lipinski definition) is 1. The Bertz CT molecular complexity index is 513. The number of thiophene rings is 1. The average Bonchev–Trinajstić information content (AvgIpc) is 2.90. The Hall–Kier alpha value is -0.100. The van der Waals surface area contributed by atoms with Gasteiger partial charge in [0.1, 0.15) is 0 Å². The molecule has 0 aliphatic heterocycles. The summed E-state index contributed by atoms with van der Waals surface area (Å²) >= 11 is 10.3.